The predicted molar refractivity (Wildman–Crippen MR) is 46.6 cm³/mol. The molecule has 0 aliphatic carbocycles. The molecule has 0 fully saturated rings. The van der Waals surface area contributed by atoms with Crippen LogP contribution < -0.4 is 0 Å². The number of carbonyl (C=O) groups is 2. The number of hydrogen-bond donors (Lipinski definition) is 1. The molecule has 0 radical (unpaired) electrons. The average Bonchev–Trinajstić information content (AvgIpc) is 2.08. The van der Waals surface area contributed by atoms with E-state index >= 15 is 0 Å². The molecule has 1 rings (SSSR count). The zero-order chi connectivity index (χ0) is 9.14. The number of phenolic OH excluding ortho intramolecular Hbond substituents is 1. The van der Waals surface area contributed by atoms with Crippen molar-refractivity contribution in [1.82, 2.24) is 0 Å². The number of rotatable bonds is 2. The van der Waals surface area contributed by atoms with E-state index in [1.807, 2.05) is 0 Å². The van der Waals surface area contributed by atoms with Crippen LogP contribution in [0, 0.1) is 0 Å². The molecular weight excluding hydrogens is 224 g/mol. The van der Waals surface area contributed by atoms with Gasteiger partial charge in [-0.3, -0.25) is 9.59 Å². The van der Waals surface area contributed by atoms with E-state index in [2.05, 4.69) is 15.9 Å². The maximum Gasteiger partial charge on any atom is 0.153 e. The van der Waals surface area contributed by atoms with Crippen LogP contribution in [0.3, 0.4) is 0 Å². The van der Waals surface area contributed by atoms with E-state index in [0.717, 1.165) is 0 Å². The van der Waals surface area contributed by atoms with Crippen LogP contribution in [0.25, 0.3) is 0 Å². The smallest absolute Gasteiger partial charge is 0.153 e. The molecule has 0 bridgehead atoms. The molecule has 62 valence electrons. The highest BCUT2D eigenvalue weighted by Crippen LogP contribution is 2.24. The van der Waals surface area contributed by atoms with Crippen LogP contribution in [-0.2, 0) is 0 Å². The van der Waals surface area contributed by atoms with Crippen LogP contribution in [-0.4, -0.2) is 17.7 Å². The van der Waals surface area contributed by atoms with Gasteiger partial charge in [-0.2, -0.15) is 0 Å². The van der Waals surface area contributed by atoms with E-state index in [-0.39, 0.29) is 16.9 Å². The number of halogens is 1. The summed E-state index contributed by atoms with van der Waals surface area (Å²) < 4.78 is 0.588. The molecule has 0 spiro atoms. The Morgan fingerprint density at radius 1 is 1.17 bits per heavy atom. The highest BCUT2D eigenvalue weighted by Gasteiger charge is 2.06. The summed E-state index contributed by atoms with van der Waals surface area (Å²) in [5.41, 5.74) is 0.206. The minimum absolute atomic E-state index is 0.103. The lowest BCUT2D eigenvalue weighted by Gasteiger charge is -2.00. The Morgan fingerprint density at radius 2 is 1.58 bits per heavy atom. The van der Waals surface area contributed by atoms with Crippen LogP contribution in [0.15, 0.2) is 16.6 Å². The minimum atomic E-state index is -0.275. The van der Waals surface area contributed by atoms with Crippen molar-refractivity contribution in [3.63, 3.8) is 0 Å². The van der Waals surface area contributed by atoms with Crippen molar-refractivity contribution in [2.75, 3.05) is 0 Å². The third kappa shape index (κ3) is 1.53. The summed E-state index contributed by atoms with van der Waals surface area (Å²) in [4.78, 5) is 20.7. The van der Waals surface area contributed by atoms with Crippen molar-refractivity contribution in [3.8, 4) is 5.75 Å². The molecule has 3 nitrogen and oxygen atoms in total. The van der Waals surface area contributed by atoms with Crippen LogP contribution >= 0.6 is 15.9 Å². The van der Waals surface area contributed by atoms with E-state index in [4.69, 9.17) is 0 Å². The number of aromatic hydroxyl groups is 1. The average molecular weight is 229 g/mol. The first-order chi connectivity index (χ1) is 5.69. The Bertz CT molecular complexity index is 304. The van der Waals surface area contributed by atoms with Crippen molar-refractivity contribution in [2.45, 2.75) is 0 Å². The molecule has 0 saturated heterocycles. The monoisotopic (exact) mass is 228 g/mol. The van der Waals surface area contributed by atoms with Crippen molar-refractivity contribution in [3.05, 3.63) is 27.7 Å². The third-order valence-electron chi connectivity index (χ3n) is 1.39. The fourth-order valence-electron chi connectivity index (χ4n) is 0.822. The Kier molecular flexibility index (Phi) is 2.60. The number of carbonyl (C=O) groups excluding carboxylic acids is 2. The van der Waals surface area contributed by atoms with Gasteiger partial charge in [-0.15, -0.1) is 0 Å². The minimum Gasteiger partial charge on any atom is -0.506 e. The zero-order valence-corrected chi connectivity index (χ0v) is 7.54. The molecule has 1 aromatic carbocycles. The normalized spacial score (nSPS) is 9.42. The second-order valence-electron chi connectivity index (χ2n) is 2.17. The highest BCUT2D eigenvalue weighted by atomic mass is 79.9. The molecular formula is C8H5BrO3. The molecule has 1 N–H and O–H groups in total. The van der Waals surface area contributed by atoms with Gasteiger partial charge in [0.1, 0.15) is 5.75 Å². The van der Waals surface area contributed by atoms with Gasteiger partial charge in [-0.05, 0) is 12.1 Å². The largest absolute Gasteiger partial charge is 0.506 e. The quantitative estimate of drug-likeness (QED) is 0.786. The SMILES string of the molecule is O=Cc1cc(Br)cc(C=O)c1O. The number of benzene rings is 1. The third-order valence-corrected chi connectivity index (χ3v) is 1.85. The molecule has 0 heterocycles. The summed E-state index contributed by atoms with van der Waals surface area (Å²) in [6, 6.07) is 2.88. The van der Waals surface area contributed by atoms with Crippen molar-refractivity contribution in [2.24, 2.45) is 0 Å². The first-order valence-corrected chi connectivity index (χ1v) is 3.91. The Labute approximate surface area is 77.1 Å². The lowest BCUT2D eigenvalue weighted by Crippen LogP contribution is -1.88. The molecule has 0 aromatic heterocycles. The van der Waals surface area contributed by atoms with Gasteiger partial charge in [-0.25, -0.2) is 0 Å². The first-order valence-electron chi connectivity index (χ1n) is 3.12. The summed E-state index contributed by atoms with van der Waals surface area (Å²) in [6.45, 7) is 0. The highest BCUT2D eigenvalue weighted by molar-refractivity contribution is 9.10. The Hall–Kier alpha value is -1.16. The maximum absolute atomic E-state index is 10.4. The molecule has 0 amide bonds. The van der Waals surface area contributed by atoms with E-state index in [1.165, 1.54) is 12.1 Å². The molecule has 0 atom stereocenters. The van der Waals surface area contributed by atoms with E-state index in [1.54, 1.807) is 0 Å². The molecule has 4 heteroatoms. The van der Waals surface area contributed by atoms with Gasteiger partial charge >= 0.3 is 0 Å². The van der Waals surface area contributed by atoms with Crippen LogP contribution in [0.4, 0.5) is 0 Å². The maximum atomic E-state index is 10.4. The Morgan fingerprint density at radius 3 is 1.92 bits per heavy atom. The fourth-order valence-corrected chi connectivity index (χ4v) is 1.32. The van der Waals surface area contributed by atoms with Crippen LogP contribution in [0.1, 0.15) is 20.7 Å². The van der Waals surface area contributed by atoms with E-state index < -0.39 is 0 Å². The van der Waals surface area contributed by atoms with Gasteiger partial charge in [0.15, 0.2) is 12.6 Å². The number of aldehydes is 2. The molecule has 0 saturated carbocycles. The first kappa shape index (κ1) is 8.93. The van der Waals surface area contributed by atoms with Gasteiger partial charge in [0, 0.05) is 4.47 Å². The standard InChI is InChI=1S/C8H5BrO3/c9-7-1-5(3-10)8(12)6(2-7)4-11/h1-4,12H. The second-order valence-corrected chi connectivity index (χ2v) is 3.08. The molecule has 0 unspecified atom stereocenters. The molecule has 0 aliphatic rings. The summed E-state index contributed by atoms with van der Waals surface area (Å²) in [6.07, 6.45) is 0.986. The van der Waals surface area contributed by atoms with Gasteiger partial charge in [0.2, 0.25) is 0 Å². The summed E-state index contributed by atoms with van der Waals surface area (Å²) in [5.74, 6) is -0.275. The fraction of sp³-hybridized carbons (Fsp3) is 0. The van der Waals surface area contributed by atoms with Crippen molar-refractivity contribution in [1.29, 1.82) is 0 Å². The Balaban J connectivity index is 3.41. The summed E-state index contributed by atoms with van der Waals surface area (Å²) in [5, 5.41) is 9.23. The van der Waals surface area contributed by atoms with Crippen molar-refractivity contribution < 1.29 is 14.7 Å². The molecule has 12 heavy (non-hydrogen) atoms. The van der Waals surface area contributed by atoms with Crippen LogP contribution in [0.2, 0.25) is 0 Å². The van der Waals surface area contributed by atoms with Crippen LogP contribution in [0.5, 0.6) is 5.75 Å². The van der Waals surface area contributed by atoms with Gasteiger partial charge < -0.3 is 5.11 Å². The summed E-state index contributed by atoms with van der Waals surface area (Å²) in [7, 11) is 0. The number of phenols is 1. The van der Waals surface area contributed by atoms with Gasteiger partial charge in [-0.1, -0.05) is 15.9 Å². The molecule has 1 aromatic rings. The predicted octanol–water partition coefficient (Wildman–Crippen LogP) is 1.78. The molecule has 0 aliphatic heterocycles. The van der Waals surface area contributed by atoms with Gasteiger partial charge in [0.25, 0.3) is 0 Å². The van der Waals surface area contributed by atoms with Crippen molar-refractivity contribution >= 4 is 28.5 Å². The zero-order valence-electron chi connectivity index (χ0n) is 5.95. The number of hydrogen-bond acceptors (Lipinski definition) is 3. The van der Waals surface area contributed by atoms with Gasteiger partial charge in [0.05, 0.1) is 11.1 Å². The summed E-state index contributed by atoms with van der Waals surface area (Å²) >= 11 is 3.10. The van der Waals surface area contributed by atoms with E-state index in [9.17, 15) is 14.7 Å². The second kappa shape index (κ2) is 3.49. The lowest BCUT2D eigenvalue weighted by atomic mass is 10.1. The topological polar surface area (TPSA) is 54.4 Å². The lowest BCUT2D eigenvalue weighted by molar-refractivity contribution is 0.112. The van der Waals surface area contributed by atoms with E-state index in [0.29, 0.717) is 17.0 Å².